The number of amides is 2. The minimum atomic E-state index is -3.88. The maximum atomic E-state index is 14.8. The molecule has 2 amide bonds. The largest absolute Gasteiger partial charge is 0.350 e. The Balaban J connectivity index is 2.10. The topological polar surface area (TPSA) is 86.8 Å². The molecule has 1 N–H and O–H groups in total. The highest BCUT2D eigenvalue weighted by molar-refractivity contribution is 7.92. The van der Waals surface area contributed by atoms with E-state index in [1.807, 2.05) is 71.0 Å². The van der Waals surface area contributed by atoms with Crippen LogP contribution in [0.4, 0.5) is 10.1 Å². The first-order valence-corrected chi connectivity index (χ1v) is 14.9. The molecule has 40 heavy (non-hydrogen) atoms. The molecule has 214 valence electrons. The van der Waals surface area contributed by atoms with Gasteiger partial charge >= 0.3 is 0 Å². The molecule has 9 heteroatoms. The van der Waals surface area contributed by atoms with Gasteiger partial charge in [-0.3, -0.25) is 13.9 Å². The molecule has 3 aromatic carbocycles. The number of hydrogen-bond donors (Lipinski definition) is 1. The highest BCUT2D eigenvalue weighted by atomic mass is 32.2. The predicted octanol–water partition coefficient (Wildman–Crippen LogP) is 4.76. The second kappa shape index (κ2) is 12.6. The average Bonchev–Trinajstić information content (AvgIpc) is 2.83. The van der Waals surface area contributed by atoms with Crippen molar-refractivity contribution in [3.8, 4) is 0 Å². The van der Waals surface area contributed by atoms with Crippen LogP contribution in [0.2, 0.25) is 0 Å². The van der Waals surface area contributed by atoms with Gasteiger partial charge in [0, 0.05) is 24.1 Å². The van der Waals surface area contributed by atoms with Crippen LogP contribution in [0.15, 0.2) is 72.8 Å². The summed E-state index contributed by atoms with van der Waals surface area (Å²) in [6.07, 6.45) is 1.19. The zero-order valence-electron chi connectivity index (χ0n) is 23.9. The Hall–Kier alpha value is -3.72. The minimum absolute atomic E-state index is 0.158. The predicted molar refractivity (Wildman–Crippen MR) is 157 cm³/mol. The molecule has 0 aliphatic heterocycles. The van der Waals surface area contributed by atoms with Crippen LogP contribution in [0.25, 0.3) is 0 Å². The third kappa shape index (κ3) is 8.64. The summed E-state index contributed by atoms with van der Waals surface area (Å²) in [6.45, 7) is 8.41. The first-order valence-electron chi connectivity index (χ1n) is 13.1. The number of halogens is 1. The number of nitrogens with zero attached hydrogens (tertiary/aromatic N) is 2. The van der Waals surface area contributed by atoms with Crippen molar-refractivity contribution in [3.63, 3.8) is 0 Å². The monoisotopic (exact) mass is 567 g/mol. The van der Waals surface area contributed by atoms with E-state index in [-0.39, 0.29) is 18.5 Å². The first-order chi connectivity index (χ1) is 18.6. The van der Waals surface area contributed by atoms with Gasteiger partial charge in [0.15, 0.2) is 0 Å². The molecule has 0 aliphatic carbocycles. The van der Waals surface area contributed by atoms with Crippen molar-refractivity contribution < 1.29 is 22.4 Å². The maximum absolute atomic E-state index is 14.8. The third-order valence-electron chi connectivity index (χ3n) is 6.24. The van der Waals surface area contributed by atoms with Crippen molar-refractivity contribution in [2.45, 2.75) is 59.2 Å². The Morgan fingerprint density at radius 3 is 2.05 bits per heavy atom. The number of carbonyl (C=O) groups is 2. The van der Waals surface area contributed by atoms with Crippen LogP contribution in [0.5, 0.6) is 0 Å². The zero-order valence-corrected chi connectivity index (χ0v) is 24.8. The van der Waals surface area contributed by atoms with E-state index in [1.54, 1.807) is 30.3 Å². The van der Waals surface area contributed by atoms with E-state index in [2.05, 4.69) is 5.32 Å². The van der Waals surface area contributed by atoms with Crippen LogP contribution in [-0.2, 0) is 32.6 Å². The summed E-state index contributed by atoms with van der Waals surface area (Å²) in [5, 5.41) is 2.95. The molecule has 0 radical (unpaired) electrons. The van der Waals surface area contributed by atoms with Gasteiger partial charge in [0.25, 0.3) is 0 Å². The first kappa shape index (κ1) is 30.8. The Labute approximate surface area is 237 Å². The van der Waals surface area contributed by atoms with Crippen LogP contribution >= 0.6 is 0 Å². The number of rotatable bonds is 10. The summed E-state index contributed by atoms with van der Waals surface area (Å²) in [6, 6.07) is 19.5. The SMILES string of the molecule is Cc1cc(C)cc(N(CC(=O)N(Cc2ccccc2F)[C@H](Cc2ccccc2)C(=O)NC(C)(C)C)S(C)(=O)=O)c1. The molecule has 3 rings (SSSR count). The molecule has 1 atom stereocenters. The second-order valence-electron chi connectivity index (χ2n) is 11.2. The van der Waals surface area contributed by atoms with E-state index in [4.69, 9.17) is 0 Å². The number of anilines is 1. The van der Waals surface area contributed by atoms with E-state index in [9.17, 15) is 22.4 Å². The minimum Gasteiger partial charge on any atom is -0.350 e. The van der Waals surface area contributed by atoms with Gasteiger partial charge in [-0.15, -0.1) is 0 Å². The fourth-order valence-corrected chi connectivity index (χ4v) is 5.36. The van der Waals surface area contributed by atoms with Crippen LogP contribution in [-0.4, -0.2) is 49.5 Å². The normalized spacial score (nSPS) is 12.5. The number of nitrogens with one attached hydrogen (secondary N) is 1. The van der Waals surface area contributed by atoms with Gasteiger partial charge in [-0.05, 0) is 69.5 Å². The van der Waals surface area contributed by atoms with Crippen molar-refractivity contribution in [1.82, 2.24) is 10.2 Å². The summed E-state index contributed by atoms with van der Waals surface area (Å²) in [5.41, 5.74) is 2.44. The summed E-state index contributed by atoms with van der Waals surface area (Å²) in [4.78, 5) is 29.1. The maximum Gasteiger partial charge on any atom is 0.244 e. The Kier molecular flexibility index (Phi) is 9.73. The lowest BCUT2D eigenvalue weighted by molar-refractivity contribution is -0.140. The number of benzene rings is 3. The van der Waals surface area contributed by atoms with E-state index >= 15 is 0 Å². The molecule has 0 bridgehead atoms. The van der Waals surface area contributed by atoms with Gasteiger partial charge in [-0.1, -0.05) is 54.6 Å². The lowest BCUT2D eigenvalue weighted by atomic mass is 10.0. The molecule has 0 saturated carbocycles. The van der Waals surface area contributed by atoms with E-state index in [0.717, 1.165) is 27.3 Å². The van der Waals surface area contributed by atoms with Crippen LogP contribution in [0.1, 0.15) is 43.0 Å². The zero-order chi connectivity index (χ0) is 29.7. The van der Waals surface area contributed by atoms with Gasteiger partial charge in [0.2, 0.25) is 21.8 Å². The lowest BCUT2D eigenvalue weighted by Gasteiger charge is -2.35. The average molecular weight is 568 g/mol. The quantitative estimate of drug-likeness (QED) is 0.383. The van der Waals surface area contributed by atoms with Crippen LogP contribution in [0, 0.1) is 19.7 Å². The molecule has 0 fully saturated rings. The molecule has 0 unspecified atom stereocenters. The number of hydrogen-bond acceptors (Lipinski definition) is 4. The molecule has 0 aliphatic rings. The lowest BCUT2D eigenvalue weighted by Crippen LogP contribution is -2.56. The molecule has 3 aromatic rings. The summed E-state index contributed by atoms with van der Waals surface area (Å²) in [5.74, 6) is -1.57. The second-order valence-corrected chi connectivity index (χ2v) is 13.1. The standard InChI is InChI=1S/C31H38FN3O4S/c1-22-16-23(2)18-26(17-22)35(40(6,38)39)21-29(36)34(20-25-14-10-11-15-27(25)32)28(30(37)33-31(3,4)5)19-24-12-8-7-9-13-24/h7-18,28H,19-21H2,1-6H3,(H,33,37)/t28-/m1/s1. The molecular weight excluding hydrogens is 529 g/mol. The molecule has 0 heterocycles. The fraction of sp³-hybridized carbons (Fsp3) is 0.355. The molecular formula is C31H38FN3O4S. The number of aryl methyl sites for hydroxylation is 2. The Morgan fingerprint density at radius 2 is 1.50 bits per heavy atom. The highest BCUT2D eigenvalue weighted by Crippen LogP contribution is 2.23. The fourth-order valence-electron chi connectivity index (χ4n) is 4.53. The van der Waals surface area contributed by atoms with Crippen molar-refractivity contribution in [3.05, 3.63) is 101 Å². The summed E-state index contributed by atoms with van der Waals surface area (Å²) < 4.78 is 41.7. The molecule has 0 aromatic heterocycles. The van der Waals surface area contributed by atoms with E-state index < -0.39 is 45.8 Å². The van der Waals surface area contributed by atoms with E-state index in [0.29, 0.717) is 5.69 Å². The molecule has 0 spiro atoms. The van der Waals surface area contributed by atoms with Crippen molar-refractivity contribution >= 4 is 27.5 Å². The molecule has 7 nitrogen and oxygen atoms in total. The van der Waals surface area contributed by atoms with Crippen LogP contribution < -0.4 is 9.62 Å². The molecule has 0 saturated heterocycles. The highest BCUT2D eigenvalue weighted by Gasteiger charge is 2.34. The number of carbonyl (C=O) groups excluding carboxylic acids is 2. The third-order valence-corrected chi connectivity index (χ3v) is 7.38. The van der Waals surface area contributed by atoms with Gasteiger partial charge in [0.05, 0.1) is 11.9 Å². The van der Waals surface area contributed by atoms with Gasteiger partial charge in [-0.2, -0.15) is 0 Å². The van der Waals surface area contributed by atoms with E-state index in [1.165, 1.54) is 11.0 Å². The Morgan fingerprint density at radius 1 is 0.925 bits per heavy atom. The van der Waals surface area contributed by atoms with Crippen molar-refractivity contribution in [2.75, 3.05) is 17.1 Å². The van der Waals surface area contributed by atoms with Crippen molar-refractivity contribution in [1.29, 1.82) is 0 Å². The Bertz CT molecular complexity index is 1430. The summed E-state index contributed by atoms with van der Waals surface area (Å²) >= 11 is 0. The number of sulfonamides is 1. The van der Waals surface area contributed by atoms with Crippen LogP contribution in [0.3, 0.4) is 0 Å². The summed E-state index contributed by atoms with van der Waals surface area (Å²) in [7, 11) is -3.88. The van der Waals surface area contributed by atoms with Crippen molar-refractivity contribution in [2.24, 2.45) is 0 Å². The van der Waals surface area contributed by atoms with Gasteiger partial charge in [-0.25, -0.2) is 12.8 Å². The van der Waals surface area contributed by atoms with Gasteiger partial charge < -0.3 is 10.2 Å². The smallest absolute Gasteiger partial charge is 0.244 e. The van der Waals surface area contributed by atoms with Gasteiger partial charge in [0.1, 0.15) is 18.4 Å².